The standard InChI is InChI=1S/C14H14ClN5O8S/c1-25-19-9(8-10(15)29-14(16)18-8)11(22)17-5-4-26-20(12(5)23)28-13(24)6-2-3-7(21)27-6/h5-6H,2-4H2,1H3,(H2,16,18)(H,17,22)/t5-,6?/m0/s1. The minimum absolute atomic E-state index is 0.0220. The number of nitrogen functional groups attached to an aromatic ring is 1. The van der Waals surface area contributed by atoms with E-state index in [0.29, 0.717) is 5.23 Å². The zero-order chi connectivity index (χ0) is 21.1. The highest BCUT2D eigenvalue weighted by Crippen LogP contribution is 2.26. The van der Waals surface area contributed by atoms with Crippen molar-refractivity contribution in [3.05, 3.63) is 10.0 Å². The van der Waals surface area contributed by atoms with Gasteiger partial charge in [-0.15, -0.1) is 0 Å². The quantitative estimate of drug-likeness (QED) is 0.318. The Bertz CT molecular complexity index is 889. The average Bonchev–Trinajstić information content (AvgIpc) is 3.34. The molecule has 0 aromatic carbocycles. The number of nitrogens with two attached hydrogens (primary N) is 1. The molecule has 2 aliphatic heterocycles. The number of rotatable bonds is 6. The van der Waals surface area contributed by atoms with Crippen LogP contribution in [0, 0.1) is 0 Å². The van der Waals surface area contributed by atoms with Crippen LogP contribution >= 0.6 is 22.9 Å². The molecule has 2 fully saturated rings. The number of esters is 1. The van der Waals surface area contributed by atoms with Crippen LogP contribution in [0.4, 0.5) is 5.13 Å². The van der Waals surface area contributed by atoms with Gasteiger partial charge in [-0.2, -0.15) is 0 Å². The third kappa shape index (κ3) is 4.55. The second kappa shape index (κ2) is 8.59. The molecule has 1 unspecified atom stereocenters. The topological polar surface area (TPSA) is 172 Å². The maximum absolute atomic E-state index is 12.5. The third-order valence-corrected chi connectivity index (χ3v) is 4.77. The zero-order valence-electron chi connectivity index (χ0n) is 14.7. The lowest BCUT2D eigenvalue weighted by atomic mass is 10.2. The molecule has 3 rings (SSSR count). The summed E-state index contributed by atoms with van der Waals surface area (Å²) in [5.74, 6) is -3.23. The monoisotopic (exact) mass is 447 g/mol. The first-order valence-corrected chi connectivity index (χ1v) is 9.22. The molecule has 29 heavy (non-hydrogen) atoms. The summed E-state index contributed by atoms with van der Waals surface area (Å²) in [6, 6.07) is -1.20. The number of nitrogens with zero attached hydrogens (tertiary/aromatic N) is 3. The predicted octanol–water partition coefficient (Wildman–Crippen LogP) is -0.848. The number of carbonyl (C=O) groups is 4. The maximum atomic E-state index is 12.5. The first-order valence-electron chi connectivity index (χ1n) is 8.02. The molecule has 0 bridgehead atoms. The van der Waals surface area contributed by atoms with Crippen molar-refractivity contribution in [3.63, 3.8) is 0 Å². The Labute approximate surface area is 171 Å². The van der Waals surface area contributed by atoms with Crippen molar-refractivity contribution >= 4 is 57.5 Å². The van der Waals surface area contributed by atoms with Gasteiger partial charge >= 0.3 is 17.8 Å². The van der Waals surface area contributed by atoms with Gasteiger partial charge in [0.05, 0.1) is 0 Å². The van der Waals surface area contributed by atoms with Gasteiger partial charge in [-0.25, -0.2) is 14.6 Å². The van der Waals surface area contributed by atoms with E-state index in [0.717, 1.165) is 11.3 Å². The highest BCUT2D eigenvalue weighted by molar-refractivity contribution is 7.19. The summed E-state index contributed by atoms with van der Waals surface area (Å²) in [5, 5.41) is 6.35. The second-order valence-electron chi connectivity index (χ2n) is 5.64. The molecular weight excluding hydrogens is 434 g/mol. The van der Waals surface area contributed by atoms with E-state index in [1.807, 2.05) is 0 Å². The molecule has 1 aromatic heterocycles. The van der Waals surface area contributed by atoms with Gasteiger partial charge < -0.3 is 25.5 Å². The van der Waals surface area contributed by atoms with Crippen molar-refractivity contribution in [2.75, 3.05) is 19.5 Å². The van der Waals surface area contributed by atoms with E-state index in [-0.39, 0.29) is 40.3 Å². The number of nitrogens with one attached hydrogen (secondary N) is 1. The summed E-state index contributed by atoms with van der Waals surface area (Å²) in [7, 11) is 1.21. The molecule has 2 aliphatic rings. The molecule has 0 spiro atoms. The van der Waals surface area contributed by atoms with E-state index in [1.54, 1.807) is 0 Å². The van der Waals surface area contributed by atoms with Gasteiger partial charge in [-0.3, -0.25) is 14.4 Å². The minimum atomic E-state index is -1.20. The fourth-order valence-corrected chi connectivity index (χ4v) is 3.31. The molecule has 3 heterocycles. The highest BCUT2D eigenvalue weighted by Gasteiger charge is 2.41. The Morgan fingerprint density at radius 3 is 2.79 bits per heavy atom. The third-order valence-electron chi connectivity index (χ3n) is 3.69. The van der Waals surface area contributed by atoms with E-state index >= 15 is 0 Å². The summed E-state index contributed by atoms with van der Waals surface area (Å²) in [4.78, 5) is 66.1. The van der Waals surface area contributed by atoms with Crippen molar-refractivity contribution in [2.24, 2.45) is 5.16 Å². The minimum Gasteiger partial charge on any atom is -0.450 e. The lowest BCUT2D eigenvalue weighted by Crippen LogP contribution is -2.46. The van der Waals surface area contributed by atoms with Crippen LogP contribution in [-0.4, -0.2) is 65.5 Å². The van der Waals surface area contributed by atoms with Gasteiger partial charge in [0.2, 0.25) is 6.10 Å². The van der Waals surface area contributed by atoms with E-state index in [4.69, 9.17) is 31.7 Å². The number of cyclic esters (lactones) is 1. The fourth-order valence-electron chi connectivity index (χ4n) is 2.38. The number of halogens is 1. The number of hydrogen-bond acceptors (Lipinski definition) is 12. The number of ether oxygens (including phenoxy) is 1. The largest absolute Gasteiger partial charge is 0.450 e. The van der Waals surface area contributed by atoms with Crippen molar-refractivity contribution in [1.29, 1.82) is 0 Å². The molecule has 13 nitrogen and oxygen atoms in total. The molecule has 0 saturated carbocycles. The number of aromatic nitrogens is 1. The van der Waals surface area contributed by atoms with E-state index in [1.165, 1.54) is 7.11 Å². The molecule has 0 radical (unpaired) electrons. The van der Waals surface area contributed by atoms with Crippen LogP contribution in [0.15, 0.2) is 5.16 Å². The number of thiazole rings is 1. The van der Waals surface area contributed by atoms with Crippen molar-refractivity contribution < 1.29 is 38.4 Å². The first-order chi connectivity index (χ1) is 13.8. The number of carbonyl (C=O) groups excluding carboxylic acids is 4. The highest BCUT2D eigenvalue weighted by atomic mass is 35.5. The van der Waals surface area contributed by atoms with Gasteiger partial charge in [-0.05, 0) is 5.23 Å². The average molecular weight is 448 g/mol. The summed E-state index contributed by atoms with van der Waals surface area (Å²) in [5.41, 5.74) is 5.22. The summed E-state index contributed by atoms with van der Waals surface area (Å²) in [6.07, 6.45) is -0.919. The molecule has 1 aromatic rings. The Hall–Kier alpha value is -2.97. The summed E-state index contributed by atoms with van der Waals surface area (Å²) >= 11 is 6.91. The first kappa shape index (κ1) is 20.8. The molecule has 2 saturated heterocycles. The van der Waals surface area contributed by atoms with Crippen LogP contribution in [0.3, 0.4) is 0 Å². The lowest BCUT2D eigenvalue weighted by Gasteiger charge is -2.15. The number of oxime groups is 1. The summed E-state index contributed by atoms with van der Waals surface area (Å²) in [6.45, 7) is -0.324. The Morgan fingerprint density at radius 2 is 2.21 bits per heavy atom. The number of hydrogen-bond donors (Lipinski definition) is 2. The smallest absolute Gasteiger partial charge is 0.375 e. The number of hydroxylamine groups is 2. The zero-order valence-corrected chi connectivity index (χ0v) is 16.3. The molecule has 2 amide bonds. The van der Waals surface area contributed by atoms with E-state index in [2.05, 4.69) is 20.3 Å². The van der Waals surface area contributed by atoms with Crippen molar-refractivity contribution in [3.8, 4) is 0 Å². The molecule has 3 N–H and O–H groups in total. The lowest BCUT2D eigenvalue weighted by molar-refractivity contribution is -0.306. The molecular formula is C14H14ClN5O8S. The van der Waals surface area contributed by atoms with Gasteiger partial charge in [-0.1, -0.05) is 28.1 Å². The van der Waals surface area contributed by atoms with E-state index in [9.17, 15) is 19.2 Å². The molecule has 15 heteroatoms. The number of amides is 2. The number of anilines is 1. The van der Waals surface area contributed by atoms with Gasteiger partial charge in [0.1, 0.15) is 29.8 Å². The van der Waals surface area contributed by atoms with Gasteiger partial charge in [0, 0.05) is 12.8 Å². The molecule has 0 aliphatic carbocycles. The van der Waals surface area contributed by atoms with Crippen LogP contribution in [0.2, 0.25) is 4.34 Å². The summed E-state index contributed by atoms with van der Waals surface area (Å²) < 4.78 is 4.85. The fraction of sp³-hybridized carbons (Fsp3) is 0.429. The maximum Gasteiger partial charge on any atom is 0.375 e. The Morgan fingerprint density at radius 1 is 1.45 bits per heavy atom. The SMILES string of the molecule is CON=C(C(=O)N[C@H]1CON(OC(=O)C2CCC(=O)O2)C1=O)c1nc(N)sc1Cl. The van der Waals surface area contributed by atoms with Crippen LogP contribution in [0.5, 0.6) is 0 Å². The van der Waals surface area contributed by atoms with Crippen molar-refractivity contribution in [1.82, 2.24) is 15.5 Å². The van der Waals surface area contributed by atoms with Crippen LogP contribution in [-0.2, 0) is 38.4 Å². The van der Waals surface area contributed by atoms with Gasteiger partial charge in [0.25, 0.3) is 5.91 Å². The van der Waals surface area contributed by atoms with Crippen LogP contribution in [0.25, 0.3) is 0 Å². The van der Waals surface area contributed by atoms with Gasteiger partial charge in [0.15, 0.2) is 10.8 Å². The Kier molecular flexibility index (Phi) is 6.14. The van der Waals surface area contributed by atoms with Crippen LogP contribution in [0.1, 0.15) is 18.5 Å². The van der Waals surface area contributed by atoms with Crippen molar-refractivity contribution in [2.45, 2.75) is 25.0 Å². The Balaban J connectivity index is 1.62. The van der Waals surface area contributed by atoms with Crippen LogP contribution < -0.4 is 11.1 Å². The predicted molar refractivity (Wildman–Crippen MR) is 95.0 cm³/mol. The molecule has 156 valence electrons. The van der Waals surface area contributed by atoms with E-state index < -0.39 is 35.9 Å². The second-order valence-corrected chi connectivity index (χ2v) is 7.27. The molecule has 2 atom stereocenters. The normalized spacial score (nSPS) is 21.9.